The minimum Gasteiger partial charge on any atom is -0.277 e. The molecule has 1 rings (SSSR count). The summed E-state index contributed by atoms with van der Waals surface area (Å²) in [4.78, 5) is 9.86. The van der Waals surface area contributed by atoms with Crippen molar-refractivity contribution >= 4 is 33.0 Å². The van der Waals surface area contributed by atoms with Crippen LogP contribution < -0.4 is 4.72 Å². The predicted octanol–water partition coefficient (Wildman–Crippen LogP) is 1.62. The van der Waals surface area contributed by atoms with Crippen LogP contribution in [-0.4, -0.2) is 19.6 Å². The lowest BCUT2D eigenvalue weighted by Gasteiger charge is -2.04. The summed E-state index contributed by atoms with van der Waals surface area (Å²) < 4.78 is 23.8. The summed E-state index contributed by atoms with van der Waals surface area (Å²) in [7, 11) is -3.54. The molecule has 0 aliphatic rings. The fraction of sp³-hybridized carbons (Fsp3) is 0.143. The van der Waals surface area contributed by atoms with Gasteiger partial charge in [-0.05, 0) is 12.1 Å². The highest BCUT2D eigenvalue weighted by Crippen LogP contribution is 2.28. The molecule has 0 aromatic heterocycles. The fourth-order valence-corrected chi connectivity index (χ4v) is 1.68. The Hall–Kier alpha value is -1.34. The first kappa shape index (κ1) is 11.7. The second-order valence-electron chi connectivity index (χ2n) is 2.79. The Bertz CT molecular complexity index is 500. The molecule has 1 aromatic carbocycles. The van der Waals surface area contributed by atoms with E-state index in [1.165, 1.54) is 12.1 Å². The monoisotopic (exact) mass is 250 g/mol. The van der Waals surface area contributed by atoms with Crippen LogP contribution in [0.2, 0.25) is 5.02 Å². The normalized spacial score (nSPS) is 11.1. The van der Waals surface area contributed by atoms with Crippen molar-refractivity contribution in [3.05, 3.63) is 33.3 Å². The van der Waals surface area contributed by atoms with Gasteiger partial charge >= 0.3 is 0 Å². The van der Waals surface area contributed by atoms with Crippen LogP contribution in [0.1, 0.15) is 0 Å². The summed E-state index contributed by atoms with van der Waals surface area (Å²) >= 11 is 5.55. The number of hydrogen-bond donors (Lipinski definition) is 1. The van der Waals surface area contributed by atoms with Crippen molar-refractivity contribution in [3.63, 3.8) is 0 Å². The van der Waals surface area contributed by atoms with Crippen molar-refractivity contribution in [2.24, 2.45) is 0 Å². The number of nitrogens with one attached hydrogen (secondary N) is 1. The summed E-state index contributed by atoms with van der Waals surface area (Å²) in [6.07, 6.45) is 0.908. The van der Waals surface area contributed by atoms with Gasteiger partial charge in [0.15, 0.2) is 0 Å². The van der Waals surface area contributed by atoms with Crippen molar-refractivity contribution < 1.29 is 13.3 Å². The van der Waals surface area contributed by atoms with E-state index in [2.05, 4.69) is 0 Å². The molecule has 6 nitrogen and oxygen atoms in total. The fourth-order valence-electron chi connectivity index (χ4n) is 0.942. The van der Waals surface area contributed by atoms with Crippen LogP contribution in [0.4, 0.5) is 11.4 Å². The first-order chi connectivity index (χ1) is 6.79. The third-order valence-electron chi connectivity index (χ3n) is 1.45. The Morgan fingerprint density at radius 3 is 2.53 bits per heavy atom. The molecule has 15 heavy (non-hydrogen) atoms. The van der Waals surface area contributed by atoms with Crippen LogP contribution in [0.5, 0.6) is 0 Å². The molecule has 0 spiro atoms. The molecule has 0 amide bonds. The van der Waals surface area contributed by atoms with Gasteiger partial charge in [-0.2, -0.15) is 0 Å². The van der Waals surface area contributed by atoms with Crippen LogP contribution in [0, 0.1) is 10.1 Å². The van der Waals surface area contributed by atoms with E-state index >= 15 is 0 Å². The van der Waals surface area contributed by atoms with E-state index in [-0.39, 0.29) is 16.4 Å². The molecule has 0 atom stereocenters. The molecule has 0 radical (unpaired) electrons. The van der Waals surface area contributed by atoms with Crippen LogP contribution >= 0.6 is 11.6 Å². The summed E-state index contributed by atoms with van der Waals surface area (Å²) in [5.41, 5.74) is -0.486. The zero-order valence-corrected chi connectivity index (χ0v) is 9.17. The van der Waals surface area contributed by atoms with Crippen molar-refractivity contribution in [3.8, 4) is 0 Å². The van der Waals surface area contributed by atoms with Crippen molar-refractivity contribution in [2.45, 2.75) is 0 Å². The molecule has 8 heteroatoms. The third kappa shape index (κ3) is 3.37. The second kappa shape index (κ2) is 4.03. The summed E-state index contributed by atoms with van der Waals surface area (Å²) in [6, 6.07) is 3.68. The predicted molar refractivity (Wildman–Crippen MR) is 56.6 cm³/mol. The molecule has 1 N–H and O–H groups in total. The number of nitro groups is 1. The van der Waals surface area contributed by atoms with E-state index in [1.807, 2.05) is 4.72 Å². The topological polar surface area (TPSA) is 89.3 Å². The van der Waals surface area contributed by atoms with E-state index in [0.29, 0.717) is 0 Å². The maximum absolute atomic E-state index is 10.9. The zero-order chi connectivity index (χ0) is 11.6. The summed E-state index contributed by atoms with van der Waals surface area (Å²) in [6.45, 7) is 0. The largest absolute Gasteiger partial charge is 0.294 e. The maximum Gasteiger partial charge on any atom is 0.294 e. The van der Waals surface area contributed by atoms with Gasteiger partial charge < -0.3 is 0 Å². The molecule has 0 saturated heterocycles. The Morgan fingerprint density at radius 1 is 1.47 bits per heavy atom. The molecule has 1 aromatic rings. The highest BCUT2D eigenvalue weighted by molar-refractivity contribution is 7.92. The molecule has 82 valence electrons. The number of anilines is 1. The highest BCUT2D eigenvalue weighted by atomic mass is 35.5. The third-order valence-corrected chi connectivity index (χ3v) is 2.28. The lowest BCUT2D eigenvalue weighted by Crippen LogP contribution is -2.11. The Labute approximate surface area is 91.1 Å². The Morgan fingerprint density at radius 2 is 2.07 bits per heavy atom. The van der Waals surface area contributed by atoms with E-state index in [1.54, 1.807) is 0 Å². The number of halogens is 1. The Balaban J connectivity index is 3.24. The van der Waals surface area contributed by atoms with Gasteiger partial charge in [0, 0.05) is 11.1 Å². The number of nitrogens with zero attached hydrogens (tertiary/aromatic N) is 1. The van der Waals surface area contributed by atoms with Gasteiger partial charge in [0.1, 0.15) is 5.69 Å². The SMILES string of the molecule is CS(=O)(=O)Nc1ccc(Cl)cc1[N+](=O)[O-]. The van der Waals surface area contributed by atoms with Gasteiger partial charge in [0.2, 0.25) is 10.0 Å². The van der Waals surface area contributed by atoms with Gasteiger partial charge in [0.25, 0.3) is 5.69 Å². The van der Waals surface area contributed by atoms with Gasteiger partial charge in [-0.1, -0.05) is 11.6 Å². The second-order valence-corrected chi connectivity index (χ2v) is 4.98. The first-order valence-corrected chi connectivity index (χ1v) is 5.98. The number of hydrogen-bond acceptors (Lipinski definition) is 4. The highest BCUT2D eigenvalue weighted by Gasteiger charge is 2.16. The standard InChI is InChI=1S/C7H7ClN2O4S/c1-15(13,14)9-6-3-2-5(8)4-7(6)10(11)12/h2-4,9H,1H3. The molecule has 0 saturated carbocycles. The molecular weight excluding hydrogens is 244 g/mol. The maximum atomic E-state index is 10.9. The lowest BCUT2D eigenvalue weighted by molar-refractivity contribution is -0.383. The minimum atomic E-state index is -3.54. The molecular formula is C7H7ClN2O4S. The van der Waals surface area contributed by atoms with Gasteiger partial charge in [-0.15, -0.1) is 0 Å². The summed E-state index contributed by atoms with van der Waals surface area (Å²) in [5.74, 6) is 0. The van der Waals surface area contributed by atoms with Crippen LogP contribution in [0.25, 0.3) is 0 Å². The van der Waals surface area contributed by atoms with Crippen molar-refractivity contribution in [1.82, 2.24) is 0 Å². The van der Waals surface area contributed by atoms with Crippen molar-refractivity contribution in [2.75, 3.05) is 11.0 Å². The smallest absolute Gasteiger partial charge is 0.277 e. The molecule has 0 aliphatic carbocycles. The van der Waals surface area contributed by atoms with Crippen LogP contribution in [0.15, 0.2) is 18.2 Å². The van der Waals surface area contributed by atoms with E-state index in [4.69, 9.17) is 11.6 Å². The number of rotatable bonds is 3. The number of sulfonamides is 1. The Kier molecular flexibility index (Phi) is 3.15. The van der Waals surface area contributed by atoms with Gasteiger partial charge in [0.05, 0.1) is 11.2 Å². The quantitative estimate of drug-likeness (QED) is 0.652. The van der Waals surface area contributed by atoms with Crippen LogP contribution in [0.3, 0.4) is 0 Å². The van der Waals surface area contributed by atoms with Crippen molar-refractivity contribution in [1.29, 1.82) is 0 Å². The van der Waals surface area contributed by atoms with Crippen LogP contribution in [-0.2, 0) is 10.0 Å². The van der Waals surface area contributed by atoms with Gasteiger partial charge in [-0.3, -0.25) is 14.8 Å². The molecule has 0 aliphatic heterocycles. The number of benzene rings is 1. The zero-order valence-electron chi connectivity index (χ0n) is 7.60. The molecule has 0 unspecified atom stereocenters. The van der Waals surface area contributed by atoms with E-state index < -0.39 is 14.9 Å². The lowest BCUT2D eigenvalue weighted by atomic mass is 10.3. The molecule has 0 fully saturated rings. The molecule has 0 heterocycles. The minimum absolute atomic E-state index is 0.105. The van der Waals surface area contributed by atoms with Gasteiger partial charge in [-0.25, -0.2) is 8.42 Å². The summed E-state index contributed by atoms with van der Waals surface area (Å²) in [5, 5.41) is 10.7. The average Bonchev–Trinajstić information content (AvgIpc) is 2.05. The number of nitro benzene ring substituents is 1. The average molecular weight is 251 g/mol. The van der Waals surface area contributed by atoms with E-state index in [9.17, 15) is 18.5 Å². The molecule has 0 bridgehead atoms. The van der Waals surface area contributed by atoms with E-state index in [0.717, 1.165) is 12.3 Å². The first-order valence-electron chi connectivity index (χ1n) is 3.71.